The van der Waals surface area contributed by atoms with E-state index < -0.39 is 11.8 Å². The minimum absolute atomic E-state index is 0.0611. The number of benzene rings is 2. The van der Waals surface area contributed by atoms with Crippen molar-refractivity contribution in [3.05, 3.63) is 70.9 Å². The van der Waals surface area contributed by atoms with E-state index in [1.807, 2.05) is 0 Å². The number of carbonyl (C=O) groups is 1. The SMILES string of the molecule is Cn1cc(-n2c(C#N)c(Sc3cccc(C(=O)O)c3)c3ccc(Cl)c(F)c32)cn1. The second-order valence-electron chi connectivity index (χ2n) is 6.19. The van der Waals surface area contributed by atoms with Crippen molar-refractivity contribution in [3.8, 4) is 11.8 Å². The van der Waals surface area contributed by atoms with Crippen molar-refractivity contribution in [2.75, 3.05) is 0 Å². The summed E-state index contributed by atoms with van der Waals surface area (Å²) >= 11 is 7.20. The van der Waals surface area contributed by atoms with Crippen molar-refractivity contribution in [1.29, 1.82) is 5.26 Å². The molecule has 0 spiro atoms. The fraction of sp³-hybridized carbons (Fsp3) is 0.0500. The van der Waals surface area contributed by atoms with Gasteiger partial charge in [-0.2, -0.15) is 10.4 Å². The lowest BCUT2D eigenvalue weighted by Gasteiger charge is -2.05. The summed E-state index contributed by atoms with van der Waals surface area (Å²) in [5.41, 5.74) is 1.01. The zero-order valence-electron chi connectivity index (χ0n) is 14.9. The molecule has 0 fully saturated rings. The lowest BCUT2D eigenvalue weighted by Crippen LogP contribution is -1.98. The molecule has 9 heteroatoms. The van der Waals surface area contributed by atoms with Gasteiger partial charge in [0.1, 0.15) is 11.8 Å². The van der Waals surface area contributed by atoms with E-state index in [2.05, 4.69) is 11.2 Å². The average Bonchev–Trinajstić information content (AvgIpc) is 3.26. The van der Waals surface area contributed by atoms with Crippen LogP contribution in [-0.4, -0.2) is 25.4 Å². The lowest BCUT2D eigenvalue weighted by molar-refractivity contribution is 0.0696. The van der Waals surface area contributed by atoms with Crippen molar-refractivity contribution < 1.29 is 14.3 Å². The third-order valence-electron chi connectivity index (χ3n) is 4.33. The predicted molar refractivity (Wildman–Crippen MR) is 107 cm³/mol. The standard InChI is InChI=1S/C20H12ClFN4O2S/c1-25-10-12(9-24-25)26-16(8-23)19(14-5-6-15(21)17(22)18(14)26)29-13-4-2-3-11(7-13)20(27)28/h2-7,9-10H,1H3,(H,27,28). The van der Waals surface area contributed by atoms with Gasteiger partial charge in [0.05, 0.1) is 32.9 Å². The first-order valence-electron chi connectivity index (χ1n) is 8.33. The van der Waals surface area contributed by atoms with Crippen molar-refractivity contribution in [3.63, 3.8) is 0 Å². The van der Waals surface area contributed by atoms with Crippen LogP contribution in [-0.2, 0) is 7.05 Å². The maximum absolute atomic E-state index is 15.0. The van der Waals surface area contributed by atoms with E-state index >= 15 is 4.39 Å². The summed E-state index contributed by atoms with van der Waals surface area (Å²) in [6.45, 7) is 0. The number of hydrogen-bond acceptors (Lipinski definition) is 4. The molecule has 0 saturated carbocycles. The Kier molecular flexibility index (Phi) is 4.78. The highest BCUT2D eigenvalue weighted by atomic mass is 35.5. The number of nitrogens with zero attached hydrogens (tertiary/aromatic N) is 4. The first kappa shape index (κ1) is 19.1. The molecule has 0 amide bonds. The fourth-order valence-corrected chi connectivity index (χ4v) is 4.31. The molecule has 2 aromatic carbocycles. The number of fused-ring (bicyclic) bond motifs is 1. The number of rotatable bonds is 4. The fourth-order valence-electron chi connectivity index (χ4n) is 3.08. The van der Waals surface area contributed by atoms with Gasteiger partial charge in [0.15, 0.2) is 5.82 Å². The van der Waals surface area contributed by atoms with Crippen LogP contribution >= 0.6 is 23.4 Å². The third-order valence-corrected chi connectivity index (χ3v) is 5.73. The van der Waals surface area contributed by atoms with E-state index in [4.69, 9.17) is 11.6 Å². The van der Waals surface area contributed by atoms with Gasteiger partial charge in [0, 0.05) is 23.5 Å². The van der Waals surface area contributed by atoms with Crippen LogP contribution in [0.5, 0.6) is 0 Å². The van der Waals surface area contributed by atoms with Crippen LogP contribution in [0, 0.1) is 17.1 Å². The summed E-state index contributed by atoms with van der Waals surface area (Å²) in [7, 11) is 1.72. The molecule has 0 aliphatic carbocycles. The Balaban J connectivity index is 2.00. The van der Waals surface area contributed by atoms with Crippen LogP contribution in [0.2, 0.25) is 5.02 Å². The summed E-state index contributed by atoms with van der Waals surface area (Å²) < 4.78 is 18.0. The minimum Gasteiger partial charge on any atom is -0.478 e. The second kappa shape index (κ2) is 7.28. The molecular formula is C20H12ClFN4O2S. The van der Waals surface area contributed by atoms with Gasteiger partial charge < -0.3 is 5.11 Å². The van der Waals surface area contributed by atoms with Crippen LogP contribution in [0.15, 0.2) is 58.6 Å². The highest BCUT2D eigenvalue weighted by Crippen LogP contribution is 2.42. The van der Waals surface area contributed by atoms with Crippen LogP contribution in [0.4, 0.5) is 4.39 Å². The van der Waals surface area contributed by atoms with E-state index in [0.717, 1.165) is 0 Å². The number of aromatic nitrogens is 3. The van der Waals surface area contributed by atoms with Crippen LogP contribution < -0.4 is 0 Å². The Morgan fingerprint density at radius 2 is 2.14 bits per heavy atom. The molecule has 0 bridgehead atoms. The monoisotopic (exact) mass is 426 g/mol. The molecule has 0 unspecified atom stereocenters. The Labute approximate surface area is 173 Å². The van der Waals surface area contributed by atoms with Gasteiger partial charge in [-0.3, -0.25) is 9.25 Å². The van der Waals surface area contributed by atoms with Crippen LogP contribution in [0.25, 0.3) is 16.6 Å². The molecule has 0 aliphatic heterocycles. The van der Waals surface area contributed by atoms with Crippen molar-refractivity contribution in [1.82, 2.24) is 14.3 Å². The van der Waals surface area contributed by atoms with Crippen molar-refractivity contribution in [2.45, 2.75) is 9.79 Å². The van der Waals surface area contributed by atoms with E-state index in [0.29, 0.717) is 20.9 Å². The number of hydrogen-bond donors (Lipinski definition) is 1. The zero-order valence-corrected chi connectivity index (χ0v) is 16.5. The molecule has 0 atom stereocenters. The quantitative estimate of drug-likeness (QED) is 0.503. The summed E-state index contributed by atoms with van der Waals surface area (Å²) in [4.78, 5) is 12.4. The first-order valence-corrected chi connectivity index (χ1v) is 9.53. The molecule has 0 radical (unpaired) electrons. The topological polar surface area (TPSA) is 83.8 Å². The molecule has 1 N–H and O–H groups in total. The van der Waals surface area contributed by atoms with E-state index in [1.54, 1.807) is 36.1 Å². The Bertz CT molecular complexity index is 1320. The summed E-state index contributed by atoms with van der Waals surface area (Å²) in [5.74, 6) is -1.70. The Morgan fingerprint density at radius 3 is 2.79 bits per heavy atom. The van der Waals surface area contributed by atoms with Gasteiger partial charge in [0.2, 0.25) is 0 Å². The Morgan fingerprint density at radius 1 is 1.34 bits per heavy atom. The molecule has 6 nitrogen and oxygen atoms in total. The molecule has 2 aromatic heterocycles. The maximum atomic E-state index is 15.0. The van der Waals surface area contributed by atoms with E-state index in [-0.39, 0.29) is 21.8 Å². The van der Waals surface area contributed by atoms with Gasteiger partial charge in [-0.25, -0.2) is 9.18 Å². The zero-order chi connectivity index (χ0) is 20.7. The Hall–Kier alpha value is -3.28. The largest absolute Gasteiger partial charge is 0.478 e. The number of aryl methyl sites for hydroxylation is 1. The predicted octanol–water partition coefficient (Wildman–Crippen LogP) is 4.88. The van der Waals surface area contributed by atoms with Crippen LogP contribution in [0.1, 0.15) is 16.1 Å². The molecule has 4 aromatic rings. The number of carboxylic acids is 1. The van der Waals surface area contributed by atoms with Gasteiger partial charge in [-0.1, -0.05) is 29.4 Å². The molecule has 0 saturated heterocycles. The van der Waals surface area contributed by atoms with Crippen molar-refractivity contribution in [2.24, 2.45) is 7.05 Å². The third kappa shape index (κ3) is 3.24. The van der Waals surface area contributed by atoms with Gasteiger partial charge in [-0.05, 0) is 30.3 Å². The summed E-state index contributed by atoms with van der Waals surface area (Å²) in [6.07, 6.45) is 3.19. The average molecular weight is 427 g/mol. The molecule has 2 heterocycles. The van der Waals surface area contributed by atoms with E-state index in [1.165, 1.54) is 40.7 Å². The first-order chi connectivity index (χ1) is 13.9. The normalized spacial score (nSPS) is 11.0. The number of carboxylic acid groups (broad SMARTS) is 1. The van der Waals surface area contributed by atoms with Gasteiger partial charge in [0.25, 0.3) is 0 Å². The minimum atomic E-state index is -1.05. The lowest BCUT2D eigenvalue weighted by atomic mass is 10.2. The molecular weight excluding hydrogens is 415 g/mol. The number of halogens is 2. The maximum Gasteiger partial charge on any atom is 0.335 e. The van der Waals surface area contributed by atoms with Gasteiger partial charge in [-0.15, -0.1) is 0 Å². The molecule has 144 valence electrons. The summed E-state index contributed by atoms with van der Waals surface area (Å²) in [5, 5.41) is 23.7. The van der Waals surface area contributed by atoms with Gasteiger partial charge >= 0.3 is 5.97 Å². The van der Waals surface area contributed by atoms with Crippen LogP contribution in [0.3, 0.4) is 0 Å². The van der Waals surface area contributed by atoms with E-state index in [9.17, 15) is 15.2 Å². The second-order valence-corrected chi connectivity index (χ2v) is 7.68. The number of aromatic carboxylic acids is 1. The molecule has 29 heavy (non-hydrogen) atoms. The highest BCUT2D eigenvalue weighted by Gasteiger charge is 2.24. The smallest absolute Gasteiger partial charge is 0.335 e. The highest BCUT2D eigenvalue weighted by molar-refractivity contribution is 7.99. The number of nitriles is 1. The summed E-state index contributed by atoms with van der Waals surface area (Å²) in [6, 6.07) is 11.6. The molecule has 4 rings (SSSR count). The molecule has 0 aliphatic rings. The van der Waals surface area contributed by atoms with Crippen molar-refractivity contribution >= 4 is 40.2 Å².